The van der Waals surface area contributed by atoms with Crippen LogP contribution in [0.25, 0.3) is 0 Å². The highest BCUT2D eigenvalue weighted by Gasteiger charge is 2.18. The second kappa shape index (κ2) is 5.81. The SMILES string of the molecule is CO[C@H]1CC[C@H](CN)CC1.Cl. The Morgan fingerprint density at radius 2 is 1.82 bits per heavy atom. The fraction of sp³-hybridized carbons (Fsp3) is 1.00. The second-order valence-corrected chi connectivity index (χ2v) is 3.11. The molecule has 0 spiro atoms. The molecule has 1 rings (SSSR count). The summed E-state index contributed by atoms with van der Waals surface area (Å²) in [5.41, 5.74) is 5.55. The molecule has 1 saturated carbocycles. The molecule has 0 aromatic rings. The van der Waals surface area contributed by atoms with E-state index in [9.17, 15) is 0 Å². The number of methoxy groups -OCH3 is 1. The highest BCUT2D eigenvalue weighted by molar-refractivity contribution is 5.85. The molecule has 0 bridgehead atoms. The largest absolute Gasteiger partial charge is 0.381 e. The molecule has 11 heavy (non-hydrogen) atoms. The fourth-order valence-corrected chi connectivity index (χ4v) is 1.60. The molecule has 0 radical (unpaired) electrons. The molecule has 0 heterocycles. The van der Waals surface area contributed by atoms with E-state index in [0.717, 1.165) is 12.5 Å². The molecule has 2 nitrogen and oxygen atoms in total. The number of nitrogens with two attached hydrogens (primary N) is 1. The minimum Gasteiger partial charge on any atom is -0.381 e. The maximum atomic E-state index is 5.55. The third-order valence-corrected chi connectivity index (χ3v) is 2.46. The van der Waals surface area contributed by atoms with Gasteiger partial charge < -0.3 is 10.5 Å². The van der Waals surface area contributed by atoms with Gasteiger partial charge in [-0.3, -0.25) is 0 Å². The third kappa shape index (κ3) is 3.41. The summed E-state index contributed by atoms with van der Waals surface area (Å²) in [6, 6.07) is 0. The smallest absolute Gasteiger partial charge is 0.0571 e. The van der Waals surface area contributed by atoms with Crippen molar-refractivity contribution in [2.45, 2.75) is 31.8 Å². The molecular formula is C8H18ClNO. The molecule has 0 unspecified atom stereocenters. The van der Waals surface area contributed by atoms with Gasteiger partial charge in [-0.1, -0.05) is 0 Å². The first kappa shape index (κ1) is 11.2. The second-order valence-electron chi connectivity index (χ2n) is 3.11. The van der Waals surface area contributed by atoms with Crippen molar-refractivity contribution in [3.8, 4) is 0 Å². The molecule has 1 fully saturated rings. The van der Waals surface area contributed by atoms with Crippen LogP contribution in [0.4, 0.5) is 0 Å². The number of rotatable bonds is 2. The topological polar surface area (TPSA) is 35.2 Å². The van der Waals surface area contributed by atoms with E-state index in [1.807, 2.05) is 0 Å². The fourth-order valence-electron chi connectivity index (χ4n) is 1.60. The third-order valence-electron chi connectivity index (χ3n) is 2.46. The first-order chi connectivity index (χ1) is 4.86. The lowest BCUT2D eigenvalue weighted by atomic mass is 9.87. The molecule has 0 atom stereocenters. The predicted octanol–water partition coefficient (Wildman–Crippen LogP) is 1.57. The molecule has 0 aromatic carbocycles. The summed E-state index contributed by atoms with van der Waals surface area (Å²) in [5.74, 6) is 0.770. The van der Waals surface area contributed by atoms with Crippen LogP contribution in [0.5, 0.6) is 0 Å². The van der Waals surface area contributed by atoms with Crippen molar-refractivity contribution in [3.63, 3.8) is 0 Å². The Morgan fingerprint density at radius 1 is 1.27 bits per heavy atom. The molecule has 2 N–H and O–H groups in total. The van der Waals surface area contributed by atoms with Gasteiger partial charge in [-0.05, 0) is 38.1 Å². The van der Waals surface area contributed by atoms with Crippen LogP contribution in [0, 0.1) is 5.92 Å². The van der Waals surface area contributed by atoms with Crippen molar-refractivity contribution in [1.29, 1.82) is 0 Å². The zero-order chi connectivity index (χ0) is 7.40. The average molecular weight is 180 g/mol. The normalized spacial score (nSPS) is 31.1. The Labute approximate surface area is 74.9 Å². The maximum Gasteiger partial charge on any atom is 0.0571 e. The van der Waals surface area contributed by atoms with E-state index in [1.165, 1.54) is 25.7 Å². The molecule has 0 aromatic heterocycles. The van der Waals surface area contributed by atoms with Gasteiger partial charge in [0.1, 0.15) is 0 Å². The summed E-state index contributed by atoms with van der Waals surface area (Å²) < 4.78 is 5.24. The van der Waals surface area contributed by atoms with E-state index in [1.54, 1.807) is 7.11 Å². The summed E-state index contributed by atoms with van der Waals surface area (Å²) in [6.07, 6.45) is 5.45. The highest BCUT2D eigenvalue weighted by atomic mass is 35.5. The Morgan fingerprint density at radius 3 is 2.18 bits per heavy atom. The minimum absolute atomic E-state index is 0. The van der Waals surface area contributed by atoms with Crippen molar-refractivity contribution < 1.29 is 4.74 Å². The highest BCUT2D eigenvalue weighted by Crippen LogP contribution is 2.24. The quantitative estimate of drug-likeness (QED) is 0.699. The Balaban J connectivity index is 0.000001000. The van der Waals surface area contributed by atoms with Crippen molar-refractivity contribution in [1.82, 2.24) is 0 Å². The summed E-state index contributed by atoms with van der Waals surface area (Å²) in [6.45, 7) is 0.858. The van der Waals surface area contributed by atoms with Crippen molar-refractivity contribution >= 4 is 12.4 Å². The zero-order valence-corrected chi connectivity index (χ0v) is 7.90. The molecule has 68 valence electrons. The van der Waals surface area contributed by atoms with Gasteiger partial charge in [0.2, 0.25) is 0 Å². The van der Waals surface area contributed by atoms with Crippen LogP contribution >= 0.6 is 12.4 Å². The lowest BCUT2D eigenvalue weighted by Gasteiger charge is -2.26. The number of hydrogen-bond donors (Lipinski definition) is 1. The van der Waals surface area contributed by atoms with Crippen LogP contribution < -0.4 is 5.73 Å². The van der Waals surface area contributed by atoms with Crippen LogP contribution in [0.1, 0.15) is 25.7 Å². The first-order valence-electron chi connectivity index (χ1n) is 4.09. The molecule has 0 amide bonds. The number of hydrogen-bond acceptors (Lipinski definition) is 2. The molecule has 3 heteroatoms. The predicted molar refractivity (Wildman–Crippen MR) is 49.1 cm³/mol. The van der Waals surface area contributed by atoms with Crippen molar-refractivity contribution in [3.05, 3.63) is 0 Å². The standard InChI is InChI=1S/C8H17NO.ClH/c1-10-8-4-2-7(6-9)3-5-8;/h7-8H,2-6,9H2,1H3;1H/t7-,8-;. The van der Waals surface area contributed by atoms with Gasteiger partial charge in [0.15, 0.2) is 0 Å². The van der Waals surface area contributed by atoms with E-state index in [4.69, 9.17) is 10.5 Å². The van der Waals surface area contributed by atoms with Crippen LogP contribution in [0.3, 0.4) is 0 Å². The van der Waals surface area contributed by atoms with Gasteiger partial charge in [-0.15, -0.1) is 12.4 Å². The Hall–Kier alpha value is 0.210. The van der Waals surface area contributed by atoms with Crippen molar-refractivity contribution in [2.75, 3.05) is 13.7 Å². The van der Waals surface area contributed by atoms with Gasteiger partial charge >= 0.3 is 0 Å². The van der Waals surface area contributed by atoms with E-state index in [2.05, 4.69) is 0 Å². The monoisotopic (exact) mass is 179 g/mol. The number of halogens is 1. The van der Waals surface area contributed by atoms with E-state index in [-0.39, 0.29) is 12.4 Å². The minimum atomic E-state index is 0. The summed E-state index contributed by atoms with van der Waals surface area (Å²) >= 11 is 0. The zero-order valence-electron chi connectivity index (χ0n) is 7.08. The number of ether oxygens (including phenoxy) is 1. The molecule has 1 aliphatic carbocycles. The lowest BCUT2D eigenvalue weighted by Crippen LogP contribution is -2.24. The van der Waals surface area contributed by atoms with Gasteiger partial charge in [0, 0.05) is 7.11 Å². The maximum absolute atomic E-state index is 5.55. The van der Waals surface area contributed by atoms with Gasteiger partial charge in [-0.25, -0.2) is 0 Å². The van der Waals surface area contributed by atoms with E-state index in [0.29, 0.717) is 6.10 Å². The summed E-state index contributed by atoms with van der Waals surface area (Å²) in [7, 11) is 1.80. The van der Waals surface area contributed by atoms with Gasteiger partial charge in [0.05, 0.1) is 6.10 Å². The van der Waals surface area contributed by atoms with Gasteiger partial charge in [0.25, 0.3) is 0 Å². The first-order valence-corrected chi connectivity index (χ1v) is 4.09. The van der Waals surface area contributed by atoms with E-state index < -0.39 is 0 Å². The van der Waals surface area contributed by atoms with Crippen LogP contribution in [-0.4, -0.2) is 19.8 Å². The average Bonchev–Trinajstić information content (AvgIpc) is 2.05. The van der Waals surface area contributed by atoms with E-state index >= 15 is 0 Å². The van der Waals surface area contributed by atoms with Crippen molar-refractivity contribution in [2.24, 2.45) is 11.7 Å². The molecule has 0 aliphatic heterocycles. The molecular weight excluding hydrogens is 162 g/mol. The molecule has 0 saturated heterocycles. The summed E-state index contributed by atoms with van der Waals surface area (Å²) in [4.78, 5) is 0. The van der Waals surface area contributed by atoms with Gasteiger partial charge in [-0.2, -0.15) is 0 Å². The molecule has 1 aliphatic rings. The van der Waals surface area contributed by atoms with Crippen LogP contribution in [0.15, 0.2) is 0 Å². The van der Waals surface area contributed by atoms with Crippen LogP contribution in [-0.2, 0) is 4.74 Å². The Bertz CT molecular complexity index is 80.1. The lowest BCUT2D eigenvalue weighted by molar-refractivity contribution is 0.0580. The summed E-state index contributed by atoms with van der Waals surface area (Å²) in [5, 5.41) is 0. The Kier molecular flexibility index (Phi) is 5.92. The van der Waals surface area contributed by atoms with Crippen LogP contribution in [0.2, 0.25) is 0 Å².